The van der Waals surface area contributed by atoms with Crippen molar-refractivity contribution in [3.05, 3.63) is 0 Å². The van der Waals surface area contributed by atoms with Crippen LogP contribution < -0.4 is 5.32 Å². The van der Waals surface area contributed by atoms with E-state index in [1.165, 1.54) is 25.7 Å². The van der Waals surface area contributed by atoms with Gasteiger partial charge in [-0.3, -0.25) is 0 Å². The molecule has 2 aliphatic rings. The van der Waals surface area contributed by atoms with Crippen molar-refractivity contribution in [3.8, 4) is 0 Å². The molecule has 0 aromatic heterocycles. The van der Waals surface area contributed by atoms with E-state index < -0.39 is 0 Å². The summed E-state index contributed by atoms with van der Waals surface area (Å²) in [4.78, 5) is 0. The first-order valence-corrected chi connectivity index (χ1v) is 5.13. The van der Waals surface area contributed by atoms with E-state index in [2.05, 4.69) is 5.32 Å². The van der Waals surface area contributed by atoms with Crippen LogP contribution in [0.25, 0.3) is 0 Å². The van der Waals surface area contributed by atoms with Crippen molar-refractivity contribution in [2.75, 3.05) is 14.2 Å². The minimum absolute atomic E-state index is 0.510. The van der Waals surface area contributed by atoms with E-state index >= 15 is 0 Å². The van der Waals surface area contributed by atoms with Gasteiger partial charge in [-0.15, -0.1) is 0 Å². The monoisotopic (exact) mass is 185 g/mol. The van der Waals surface area contributed by atoms with Gasteiger partial charge in [0.25, 0.3) is 0 Å². The topological polar surface area (TPSA) is 30.5 Å². The Morgan fingerprint density at radius 3 is 1.54 bits per heavy atom. The van der Waals surface area contributed by atoms with Gasteiger partial charge in [0.05, 0.1) is 12.2 Å². The Kier molecular flexibility index (Phi) is 2.86. The summed E-state index contributed by atoms with van der Waals surface area (Å²) in [7, 11) is 3.59. The van der Waals surface area contributed by atoms with E-state index in [4.69, 9.17) is 9.47 Å². The summed E-state index contributed by atoms with van der Waals surface area (Å²) in [5.41, 5.74) is 0. The Morgan fingerprint density at radius 2 is 1.23 bits per heavy atom. The molecule has 0 aromatic carbocycles. The second kappa shape index (κ2) is 3.95. The zero-order valence-corrected chi connectivity index (χ0v) is 8.45. The van der Waals surface area contributed by atoms with Crippen LogP contribution in [0.2, 0.25) is 0 Å². The number of nitrogens with one attached hydrogen (secondary N) is 1. The van der Waals surface area contributed by atoms with Gasteiger partial charge in [-0.25, -0.2) is 0 Å². The lowest BCUT2D eigenvalue weighted by atomic mass is 9.84. The van der Waals surface area contributed by atoms with Crippen LogP contribution >= 0.6 is 0 Å². The zero-order chi connectivity index (χ0) is 9.26. The number of rotatable bonds is 4. The van der Waals surface area contributed by atoms with Gasteiger partial charge in [0.1, 0.15) is 0 Å². The van der Waals surface area contributed by atoms with Gasteiger partial charge < -0.3 is 14.8 Å². The normalized spacial score (nSPS) is 43.8. The van der Waals surface area contributed by atoms with E-state index in [9.17, 15) is 0 Å². The van der Waals surface area contributed by atoms with Crippen LogP contribution in [0.3, 0.4) is 0 Å². The molecule has 2 aliphatic carbocycles. The largest absolute Gasteiger partial charge is 0.381 e. The molecule has 2 rings (SSSR count). The third-order valence-electron chi connectivity index (χ3n) is 3.33. The van der Waals surface area contributed by atoms with Gasteiger partial charge in [-0.2, -0.15) is 0 Å². The molecule has 2 saturated carbocycles. The number of methoxy groups -OCH3 is 2. The molecule has 0 heterocycles. The van der Waals surface area contributed by atoms with Crippen LogP contribution in [-0.2, 0) is 9.47 Å². The molecular weight excluding hydrogens is 166 g/mol. The maximum absolute atomic E-state index is 5.23. The molecule has 0 radical (unpaired) electrons. The Hall–Kier alpha value is -0.120. The lowest BCUT2D eigenvalue weighted by Crippen LogP contribution is -2.54. The van der Waals surface area contributed by atoms with Crippen LogP contribution in [0.15, 0.2) is 0 Å². The molecule has 0 bridgehead atoms. The molecule has 3 nitrogen and oxygen atoms in total. The Morgan fingerprint density at radius 1 is 0.846 bits per heavy atom. The Balaban J connectivity index is 1.56. The van der Waals surface area contributed by atoms with Crippen LogP contribution in [0, 0.1) is 0 Å². The number of hydrogen-bond acceptors (Lipinski definition) is 3. The van der Waals surface area contributed by atoms with E-state index in [0.29, 0.717) is 24.3 Å². The standard InChI is InChI=1S/C10H19NO2/c1-12-9-3-7(4-9)11-8-5-10(6-8)13-2/h7-11H,3-6H2,1-2H3. The van der Waals surface area contributed by atoms with Crippen LogP contribution in [-0.4, -0.2) is 38.5 Å². The Bertz CT molecular complexity index is 144. The van der Waals surface area contributed by atoms with Crippen molar-refractivity contribution < 1.29 is 9.47 Å². The highest BCUT2D eigenvalue weighted by atomic mass is 16.5. The molecule has 0 spiro atoms. The van der Waals surface area contributed by atoms with Crippen molar-refractivity contribution in [3.63, 3.8) is 0 Å². The molecule has 0 aromatic rings. The Labute approximate surface area is 79.8 Å². The highest BCUT2D eigenvalue weighted by Gasteiger charge is 2.35. The fourth-order valence-electron chi connectivity index (χ4n) is 2.12. The number of hydrogen-bond donors (Lipinski definition) is 1. The molecule has 0 amide bonds. The third-order valence-corrected chi connectivity index (χ3v) is 3.33. The quantitative estimate of drug-likeness (QED) is 0.707. The summed E-state index contributed by atoms with van der Waals surface area (Å²) in [5, 5.41) is 3.62. The minimum Gasteiger partial charge on any atom is -0.381 e. The lowest BCUT2D eigenvalue weighted by Gasteiger charge is -2.42. The first-order chi connectivity index (χ1) is 6.31. The van der Waals surface area contributed by atoms with Gasteiger partial charge in [0.2, 0.25) is 0 Å². The van der Waals surface area contributed by atoms with E-state index in [-0.39, 0.29) is 0 Å². The zero-order valence-electron chi connectivity index (χ0n) is 8.45. The van der Waals surface area contributed by atoms with Crippen molar-refractivity contribution in [1.82, 2.24) is 5.32 Å². The first-order valence-electron chi connectivity index (χ1n) is 5.13. The van der Waals surface area contributed by atoms with Gasteiger partial charge in [0.15, 0.2) is 0 Å². The molecule has 0 atom stereocenters. The van der Waals surface area contributed by atoms with Crippen molar-refractivity contribution in [2.45, 2.75) is 50.0 Å². The summed E-state index contributed by atoms with van der Waals surface area (Å²) in [6.45, 7) is 0. The fourth-order valence-corrected chi connectivity index (χ4v) is 2.12. The fraction of sp³-hybridized carbons (Fsp3) is 1.00. The third kappa shape index (κ3) is 2.03. The molecule has 0 aliphatic heterocycles. The van der Waals surface area contributed by atoms with Crippen molar-refractivity contribution >= 4 is 0 Å². The van der Waals surface area contributed by atoms with E-state index in [0.717, 1.165) is 0 Å². The molecular formula is C10H19NO2. The van der Waals surface area contributed by atoms with Crippen LogP contribution in [0.5, 0.6) is 0 Å². The number of ether oxygens (including phenoxy) is 2. The summed E-state index contributed by atoms with van der Waals surface area (Å²) >= 11 is 0. The summed E-state index contributed by atoms with van der Waals surface area (Å²) in [6.07, 6.45) is 5.76. The molecule has 1 N–H and O–H groups in total. The van der Waals surface area contributed by atoms with Crippen molar-refractivity contribution in [2.24, 2.45) is 0 Å². The molecule has 76 valence electrons. The highest BCUT2D eigenvalue weighted by molar-refractivity contribution is 4.93. The van der Waals surface area contributed by atoms with E-state index in [1.54, 1.807) is 14.2 Å². The minimum atomic E-state index is 0.510. The smallest absolute Gasteiger partial charge is 0.0601 e. The first kappa shape index (κ1) is 9.44. The summed E-state index contributed by atoms with van der Waals surface area (Å²) < 4.78 is 10.5. The van der Waals surface area contributed by atoms with Crippen molar-refractivity contribution in [1.29, 1.82) is 0 Å². The molecule has 0 unspecified atom stereocenters. The highest BCUT2D eigenvalue weighted by Crippen LogP contribution is 2.28. The predicted molar refractivity (Wildman–Crippen MR) is 50.8 cm³/mol. The van der Waals surface area contributed by atoms with Gasteiger partial charge in [0, 0.05) is 26.3 Å². The SMILES string of the molecule is COC1CC(NC2CC(OC)C2)C1. The molecule has 2 fully saturated rings. The molecule has 0 saturated heterocycles. The van der Waals surface area contributed by atoms with Crippen LogP contribution in [0.1, 0.15) is 25.7 Å². The van der Waals surface area contributed by atoms with Gasteiger partial charge >= 0.3 is 0 Å². The summed E-state index contributed by atoms with van der Waals surface area (Å²) in [5.74, 6) is 0. The molecule has 13 heavy (non-hydrogen) atoms. The van der Waals surface area contributed by atoms with Gasteiger partial charge in [-0.05, 0) is 25.7 Å². The second-order valence-corrected chi connectivity index (χ2v) is 4.22. The van der Waals surface area contributed by atoms with E-state index in [1.807, 2.05) is 0 Å². The predicted octanol–water partition coefficient (Wildman–Crippen LogP) is 0.931. The van der Waals surface area contributed by atoms with Crippen LogP contribution in [0.4, 0.5) is 0 Å². The average Bonchev–Trinajstić information content (AvgIpc) is 1.99. The average molecular weight is 185 g/mol. The molecule has 3 heteroatoms. The van der Waals surface area contributed by atoms with Gasteiger partial charge in [-0.1, -0.05) is 0 Å². The lowest BCUT2D eigenvalue weighted by molar-refractivity contribution is -0.0157. The maximum atomic E-state index is 5.23. The second-order valence-electron chi connectivity index (χ2n) is 4.22. The summed E-state index contributed by atoms with van der Waals surface area (Å²) in [6, 6.07) is 1.40. The maximum Gasteiger partial charge on any atom is 0.0601 e.